The van der Waals surface area contributed by atoms with Crippen LogP contribution in [0.1, 0.15) is 37.5 Å². The highest BCUT2D eigenvalue weighted by Crippen LogP contribution is 2.45. The molecule has 5 atom stereocenters. The minimum atomic E-state index is -2.33. The second-order valence-electron chi connectivity index (χ2n) is 12.6. The lowest BCUT2D eigenvalue weighted by molar-refractivity contribution is -0.300. The molecular weight excluding hydrogens is 607 g/mol. The van der Waals surface area contributed by atoms with Crippen molar-refractivity contribution in [3.8, 4) is 0 Å². The van der Waals surface area contributed by atoms with E-state index in [1.54, 1.807) is 14.2 Å². The molecule has 8 nitrogen and oxygen atoms in total. The summed E-state index contributed by atoms with van der Waals surface area (Å²) in [7, 11) is -0.940. The minimum Gasteiger partial charge on any atom is -0.408 e. The number of hydrogen-bond acceptors (Lipinski definition) is 8. The van der Waals surface area contributed by atoms with Crippen LogP contribution in [0.25, 0.3) is 0 Å². The lowest BCUT2D eigenvalue weighted by Gasteiger charge is -2.49. The quantitative estimate of drug-likeness (QED) is 0.113. The van der Waals surface area contributed by atoms with Crippen molar-refractivity contribution < 1.29 is 36.9 Å². The third-order valence-corrected chi connectivity index (χ3v) is 13.7. The molecular formula is C35H49O8PSi. The average Bonchev–Trinajstić information content (AvgIpc) is 3.04. The van der Waals surface area contributed by atoms with E-state index in [0.29, 0.717) is 19.8 Å². The summed E-state index contributed by atoms with van der Waals surface area (Å²) in [5, 5.41) is -0.0550. The van der Waals surface area contributed by atoms with Crippen LogP contribution in [0.5, 0.6) is 0 Å². The Bertz CT molecular complexity index is 1240. The zero-order valence-corrected chi connectivity index (χ0v) is 29.5. The largest absolute Gasteiger partial charge is 0.408 e. The molecule has 0 amide bonds. The normalized spacial score (nSPS) is 22.5. The summed E-state index contributed by atoms with van der Waals surface area (Å²) in [6.45, 7) is 12.5. The summed E-state index contributed by atoms with van der Waals surface area (Å²) in [6, 6.07) is 30.2. The Morgan fingerprint density at radius 3 is 1.60 bits per heavy atom. The van der Waals surface area contributed by atoms with Gasteiger partial charge in [0.05, 0.1) is 26.4 Å². The first-order valence-corrected chi connectivity index (χ1v) is 19.4. The molecule has 3 aromatic rings. The van der Waals surface area contributed by atoms with Crippen molar-refractivity contribution in [3.05, 3.63) is 108 Å². The van der Waals surface area contributed by atoms with E-state index in [1.165, 1.54) is 0 Å². The van der Waals surface area contributed by atoms with Gasteiger partial charge in [-0.15, -0.1) is 0 Å². The van der Waals surface area contributed by atoms with Gasteiger partial charge in [-0.25, -0.2) is 0 Å². The molecule has 0 saturated carbocycles. The van der Waals surface area contributed by atoms with Crippen molar-refractivity contribution in [3.63, 3.8) is 0 Å². The maximum absolute atomic E-state index is 7.16. The fourth-order valence-corrected chi connectivity index (χ4v) is 6.75. The second-order valence-corrected chi connectivity index (χ2v) is 18.7. The predicted octanol–water partition coefficient (Wildman–Crippen LogP) is 8.03. The van der Waals surface area contributed by atoms with Crippen molar-refractivity contribution in [2.24, 2.45) is 0 Å². The molecule has 1 saturated heterocycles. The van der Waals surface area contributed by atoms with Crippen LogP contribution in [0.15, 0.2) is 91.0 Å². The van der Waals surface area contributed by atoms with Crippen molar-refractivity contribution in [2.45, 2.75) is 89.4 Å². The molecule has 0 aromatic heterocycles. The maximum Gasteiger partial charge on any atom is 0.334 e. The molecule has 0 radical (unpaired) electrons. The van der Waals surface area contributed by atoms with Gasteiger partial charge in [0.25, 0.3) is 0 Å². The maximum atomic E-state index is 7.16. The van der Waals surface area contributed by atoms with Crippen LogP contribution < -0.4 is 0 Å². The van der Waals surface area contributed by atoms with Crippen LogP contribution in [-0.4, -0.2) is 59.8 Å². The van der Waals surface area contributed by atoms with Gasteiger partial charge in [0, 0.05) is 14.2 Å². The Labute approximate surface area is 271 Å². The van der Waals surface area contributed by atoms with E-state index in [0.717, 1.165) is 16.7 Å². The Kier molecular flexibility index (Phi) is 13.7. The monoisotopic (exact) mass is 656 g/mol. The van der Waals surface area contributed by atoms with Crippen LogP contribution in [0.3, 0.4) is 0 Å². The van der Waals surface area contributed by atoms with Crippen LogP contribution in [0, 0.1) is 0 Å². The summed E-state index contributed by atoms with van der Waals surface area (Å²) in [5.41, 5.74) is 3.14. The van der Waals surface area contributed by atoms with Gasteiger partial charge < -0.3 is 32.4 Å². The first-order valence-electron chi connectivity index (χ1n) is 15.4. The van der Waals surface area contributed by atoms with E-state index >= 15 is 0 Å². The molecule has 1 aliphatic rings. The Morgan fingerprint density at radius 2 is 1.13 bits per heavy atom. The van der Waals surface area contributed by atoms with Gasteiger partial charge in [-0.1, -0.05) is 112 Å². The van der Waals surface area contributed by atoms with Gasteiger partial charge in [0.2, 0.25) is 0 Å². The molecule has 0 aliphatic carbocycles. The molecule has 0 N–H and O–H groups in total. The van der Waals surface area contributed by atoms with E-state index in [-0.39, 0.29) is 11.6 Å². The first-order chi connectivity index (χ1) is 21.6. The number of rotatable bonds is 16. The van der Waals surface area contributed by atoms with E-state index in [9.17, 15) is 0 Å². The van der Waals surface area contributed by atoms with Gasteiger partial charge in [-0.2, -0.15) is 0 Å². The van der Waals surface area contributed by atoms with Crippen LogP contribution >= 0.6 is 8.60 Å². The third-order valence-electron chi connectivity index (χ3n) is 8.28. The lowest BCUT2D eigenvalue weighted by Crippen LogP contribution is -2.64. The number of ether oxygens (including phenoxy) is 4. The topological polar surface area (TPSA) is 73.8 Å². The molecule has 4 rings (SSSR count). The number of hydrogen-bond donors (Lipinski definition) is 0. The fourth-order valence-electron chi connectivity index (χ4n) is 4.77. The predicted molar refractivity (Wildman–Crippen MR) is 179 cm³/mol. The smallest absolute Gasteiger partial charge is 0.334 e. The highest BCUT2D eigenvalue weighted by Gasteiger charge is 2.53. The summed E-state index contributed by atoms with van der Waals surface area (Å²) in [6.07, 6.45) is -3.11. The molecule has 1 aliphatic heterocycles. The molecule has 0 bridgehead atoms. The lowest BCUT2D eigenvalue weighted by atomic mass is 9.98. The van der Waals surface area contributed by atoms with E-state index < -0.39 is 47.6 Å². The molecule has 1 fully saturated rings. The molecule has 45 heavy (non-hydrogen) atoms. The second kappa shape index (κ2) is 17.2. The third kappa shape index (κ3) is 10.5. The summed E-state index contributed by atoms with van der Waals surface area (Å²) in [5.74, 6) is 0. The number of benzene rings is 3. The van der Waals surface area contributed by atoms with Crippen molar-refractivity contribution in [1.82, 2.24) is 0 Å². The fraction of sp³-hybridized carbons (Fsp3) is 0.486. The minimum absolute atomic E-state index is 0.0550. The van der Waals surface area contributed by atoms with Crippen molar-refractivity contribution >= 4 is 16.9 Å². The zero-order valence-electron chi connectivity index (χ0n) is 27.6. The summed E-state index contributed by atoms with van der Waals surface area (Å²) in [4.78, 5) is 0. The highest BCUT2D eigenvalue weighted by atomic mass is 31.2. The van der Waals surface area contributed by atoms with Gasteiger partial charge in [0.1, 0.15) is 24.4 Å². The van der Waals surface area contributed by atoms with E-state index in [1.807, 2.05) is 91.0 Å². The van der Waals surface area contributed by atoms with Crippen LogP contribution in [-0.2, 0) is 56.8 Å². The van der Waals surface area contributed by atoms with Crippen LogP contribution in [0.4, 0.5) is 0 Å². The molecule has 0 spiro atoms. The Morgan fingerprint density at radius 1 is 0.667 bits per heavy atom. The molecule has 10 heteroatoms. The molecule has 1 heterocycles. The van der Waals surface area contributed by atoms with Crippen LogP contribution in [0.2, 0.25) is 18.1 Å². The molecule has 3 aromatic carbocycles. The SMILES string of the molecule is COP(OC)O[C@H]1O[C@H](COCc2ccccc2)[C@@H](O[Si](C)(C)C(C)(C)C)[C@H](OCc2ccccc2)[C@H]1OCc1ccccc1. The Hall–Kier alpha value is -2.01. The van der Waals surface area contributed by atoms with Gasteiger partial charge >= 0.3 is 8.60 Å². The van der Waals surface area contributed by atoms with Gasteiger partial charge in [-0.05, 0) is 34.8 Å². The van der Waals surface area contributed by atoms with Gasteiger partial charge in [-0.3, -0.25) is 4.52 Å². The highest BCUT2D eigenvalue weighted by molar-refractivity contribution is 7.41. The van der Waals surface area contributed by atoms with Crippen molar-refractivity contribution in [1.29, 1.82) is 0 Å². The Balaban J connectivity index is 1.70. The first kappa shape index (κ1) is 35.8. The molecule has 246 valence electrons. The van der Waals surface area contributed by atoms with Gasteiger partial charge in [0.15, 0.2) is 14.6 Å². The summed E-state index contributed by atoms with van der Waals surface area (Å²) < 4.78 is 50.9. The average molecular weight is 657 g/mol. The van der Waals surface area contributed by atoms with Crippen molar-refractivity contribution in [2.75, 3.05) is 20.8 Å². The summed E-state index contributed by atoms with van der Waals surface area (Å²) >= 11 is 0. The zero-order chi connectivity index (χ0) is 32.3. The van der Waals surface area contributed by atoms with E-state index in [4.69, 9.17) is 36.9 Å². The standard InChI is InChI=1S/C35H49O8PSi/c1-35(2,3)45(6,7)43-31-30(26-38-23-27-17-11-8-12-18-27)41-34(42-44(36-4)37-5)33(40-25-29-21-15-10-16-22-29)32(31)39-24-28-19-13-9-14-20-28/h8-22,30-34H,23-26H2,1-7H3/t30-,31-,32+,33-,34-/m1/s1. The molecule has 0 unspecified atom stereocenters. The van der Waals surface area contributed by atoms with E-state index in [2.05, 4.69) is 33.9 Å².